The number of aliphatic hydroxyl groups excluding tert-OH is 1. The second-order valence-electron chi connectivity index (χ2n) is 8.81. The largest absolute Gasteiger partial charge is 0.496 e. The van der Waals surface area contributed by atoms with Gasteiger partial charge in [-0.25, -0.2) is 4.79 Å². The van der Waals surface area contributed by atoms with Crippen LogP contribution in [0.15, 0.2) is 30.5 Å². The van der Waals surface area contributed by atoms with Crippen molar-refractivity contribution in [2.75, 3.05) is 21.3 Å². The fourth-order valence-corrected chi connectivity index (χ4v) is 4.74. The third-order valence-electron chi connectivity index (χ3n) is 6.64. The first-order valence-electron chi connectivity index (χ1n) is 11.7. The van der Waals surface area contributed by atoms with Crippen molar-refractivity contribution < 1.29 is 34.0 Å². The van der Waals surface area contributed by atoms with E-state index in [9.17, 15) is 15.0 Å². The van der Waals surface area contributed by atoms with Crippen LogP contribution in [0.3, 0.4) is 0 Å². The van der Waals surface area contributed by atoms with Crippen molar-refractivity contribution in [3.63, 3.8) is 0 Å². The number of carboxylic acid groups (broad SMARTS) is 1. The molecule has 4 rings (SSSR count). The van der Waals surface area contributed by atoms with Crippen LogP contribution in [0.25, 0.3) is 10.9 Å². The van der Waals surface area contributed by atoms with Crippen molar-refractivity contribution in [1.29, 1.82) is 0 Å². The second-order valence-corrected chi connectivity index (χ2v) is 8.81. The number of hydrogen-bond acceptors (Lipinski definition) is 7. The monoisotopic (exact) mass is 484 g/mol. The molecule has 2 N–H and O–H groups in total. The predicted molar refractivity (Wildman–Crippen MR) is 130 cm³/mol. The highest BCUT2D eigenvalue weighted by atomic mass is 16.5. The van der Waals surface area contributed by atoms with E-state index in [1.54, 1.807) is 43.3 Å². The molecule has 1 aromatic heterocycles. The van der Waals surface area contributed by atoms with E-state index < -0.39 is 18.2 Å². The molecule has 9 nitrogen and oxygen atoms in total. The Morgan fingerprint density at radius 1 is 1.09 bits per heavy atom. The summed E-state index contributed by atoms with van der Waals surface area (Å²) in [7, 11) is 4.68. The van der Waals surface area contributed by atoms with Gasteiger partial charge in [-0.2, -0.15) is 5.10 Å². The fraction of sp³-hybridized carbons (Fsp3) is 0.462. The van der Waals surface area contributed by atoms with Gasteiger partial charge in [-0.1, -0.05) is 12.8 Å². The number of aromatic nitrogens is 2. The molecule has 1 aliphatic carbocycles. The first-order valence-corrected chi connectivity index (χ1v) is 11.7. The summed E-state index contributed by atoms with van der Waals surface area (Å²) in [6.45, 7) is 2.11. The molecule has 0 aliphatic heterocycles. The Bertz CT molecular complexity index is 1170. The van der Waals surface area contributed by atoms with Crippen molar-refractivity contribution >= 4 is 16.9 Å². The molecule has 188 valence electrons. The summed E-state index contributed by atoms with van der Waals surface area (Å²) < 4.78 is 24.4. The fourth-order valence-electron chi connectivity index (χ4n) is 4.74. The van der Waals surface area contributed by atoms with Gasteiger partial charge in [0.1, 0.15) is 35.0 Å². The molecule has 1 heterocycles. The highest BCUT2D eigenvalue weighted by molar-refractivity contribution is 6.03. The Hall–Kier alpha value is -3.30. The number of hydrogen-bond donors (Lipinski definition) is 2. The van der Waals surface area contributed by atoms with Crippen LogP contribution in [-0.2, 0) is 11.3 Å². The maximum absolute atomic E-state index is 11.7. The summed E-state index contributed by atoms with van der Waals surface area (Å²) in [5.74, 6) is 0.677. The van der Waals surface area contributed by atoms with Gasteiger partial charge in [-0.3, -0.25) is 4.68 Å². The highest BCUT2D eigenvalue weighted by Gasteiger charge is 2.29. The maximum Gasteiger partial charge on any atom is 0.337 e. The van der Waals surface area contributed by atoms with Crippen molar-refractivity contribution in [3.05, 3.63) is 47.2 Å². The molecular formula is C26H32N2O7. The number of nitrogens with zero attached hydrogens (tertiary/aromatic N) is 2. The van der Waals surface area contributed by atoms with Crippen molar-refractivity contribution in [3.8, 4) is 17.2 Å². The third kappa shape index (κ3) is 5.06. The number of carbonyl (C=O) groups is 1. The zero-order valence-electron chi connectivity index (χ0n) is 20.5. The van der Waals surface area contributed by atoms with Gasteiger partial charge >= 0.3 is 5.97 Å². The number of aromatic carboxylic acids is 1. The molecule has 2 aromatic carbocycles. The van der Waals surface area contributed by atoms with E-state index in [1.165, 1.54) is 13.2 Å². The first kappa shape index (κ1) is 24.8. The van der Waals surface area contributed by atoms with E-state index >= 15 is 0 Å². The van der Waals surface area contributed by atoms with E-state index in [-0.39, 0.29) is 18.2 Å². The summed E-state index contributed by atoms with van der Waals surface area (Å²) in [5.41, 5.74) is 1.85. The number of rotatable bonds is 10. The topological polar surface area (TPSA) is 112 Å². The van der Waals surface area contributed by atoms with Crippen LogP contribution in [0.2, 0.25) is 0 Å². The Labute approximate surface area is 204 Å². The summed E-state index contributed by atoms with van der Waals surface area (Å²) in [6.07, 6.45) is 4.18. The summed E-state index contributed by atoms with van der Waals surface area (Å²) in [4.78, 5) is 11.7. The molecule has 35 heavy (non-hydrogen) atoms. The number of benzene rings is 2. The second kappa shape index (κ2) is 10.5. The third-order valence-corrected chi connectivity index (χ3v) is 6.64. The maximum atomic E-state index is 11.7. The molecule has 0 saturated heterocycles. The standard InChI is InChI=1S/C26H32N2O7/c1-15-21(33-3)11-16(12-22(15)34-4)25(29)23(35-17-7-5-6-8-17)14-28-13-19-20(32-2)10-9-18(26(30)31)24(19)27-28/h9-13,17,23,25,29H,5-8,14H2,1-4H3,(H,30,31). The van der Waals surface area contributed by atoms with E-state index in [0.717, 1.165) is 31.2 Å². The number of ether oxygens (including phenoxy) is 4. The van der Waals surface area contributed by atoms with Gasteiger partial charge < -0.3 is 29.2 Å². The molecule has 0 radical (unpaired) electrons. The van der Waals surface area contributed by atoms with Crippen molar-refractivity contribution in [1.82, 2.24) is 9.78 Å². The Morgan fingerprint density at radius 3 is 2.29 bits per heavy atom. The van der Waals surface area contributed by atoms with Crippen LogP contribution in [0.4, 0.5) is 0 Å². The highest BCUT2D eigenvalue weighted by Crippen LogP contribution is 2.35. The zero-order chi connectivity index (χ0) is 25.1. The lowest BCUT2D eigenvalue weighted by atomic mass is 10.0. The Morgan fingerprint density at radius 2 is 1.71 bits per heavy atom. The van der Waals surface area contributed by atoms with E-state index in [2.05, 4.69) is 5.10 Å². The summed E-state index contributed by atoms with van der Waals surface area (Å²) in [5, 5.41) is 26.2. The lowest BCUT2D eigenvalue weighted by Gasteiger charge is -2.27. The molecule has 2 atom stereocenters. The van der Waals surface area contributed by atoms with Gasteiger partial charge in [0.05, 0.1) is 44.9 Å². The smallest absolute Gasteiger partial charge is 0.337 e. The predicted octanol–water partition coefficient (Wildman–Crippen LogP) is 4.13. The molecule has 0 amide bonds. The first-order chi connectivity index (χ1) is 16.9. The van der Waals surface area contributed by atoms with E-state index in [4.69, 9.17) is 18.9 Å². The number of aliphatic hydroxyl groups is 1. The van der Waals surface area contributed by atoms with Gasteiger partial charge in [-0.05, 0) is 49.6 Å². The molecule has 0 spiro atoms. The van der Waals surface area contributed by atoms with Gasteiger partial charge in [0.25, 0.3) is 0 Å². The number of methoxy groups -OCH3 is 3. The molecule has 0 bridgehead atoms. The lowest BCUT2D eigenvalue weighted by Crippen LogP contribution is -2.31. The average molecular weight is 485 g/mol. The van der Waals surface area contributed by atoms with E-state index in [0.29, 0.717) is 33.7 Å². The van der Waals surface area contributed by atoms with Crippen LogP contribution in [0.1, 0.15) is 53.3 Å². The minimum Gasteiger partial charge on any atom is -0.496 e. The summed E-state index contributed by atoms with van der Waals surface area (Å²) in [6, 6.07) is 6.68. The number of fused-ring (bicyclic) bond motifs is 1. The van der Waals surface area contributed by atoms with Crippen LogP contribution in [-0.4, -0.2) is 59.5 Å². The van der Waals surface area contributed by atoms with Gasteiger partial charge in [0, 0.05) is 11.8 Å². The molecule has 2 unspecified atom stereocenters. The minimum absolute atomic E-state index is 0.0398. The Balaban J connectivity index is 1.71. The van der Waals surface area contributed by atoms with Crippen LogP contribution in [0, 0.1) is 6.92 Å². The van der Waals surface area contributed by atoms with E-state index in [1.807, 2.05) is 6.92 Å². The molecule has 1 aliphatic rings. The van der Waals surface area contributed by atoms with Crippen LogP contribution >= 0.6 is 0 Å². The van der Waals surface area contributed by atoms with Gasteiger partial charge in [-0.15, -0.1) is 0 Å². The normalized spacial score (nSPS) is 15.8. The van der Waals surface area contributed by atoms with Crippen molar-refractivity contribution in [2.45, 2.75) is 57.5 Å². The molecule has 3 aromatic rings. The minimum atomic E-state index is -1.07. The SMILES string of the molecule is COc1cc(C(O)C(Cn2cc3c(OC)ccc(C(=O)O)c3n2)OC2CCCC2)cc(OC)c1C. The quantitative estimate of drug-likeness (QED) is 0.442. The van der Waals surface area contributed by atoms with Gasteiger partial charge in [0.15, 0.2) is 0 Å². The lowest BCUT2D eigenvalue weighted by molar-refractivity contribution is -0.0845. The van der Waals surface area contributed by atoms with Crippen LogP contribution in [0.5, 0.6) is 17.2 Å². The Kier molecular flexibility index (Phi) is 7.47. The summed E-state index contributed by atoms with van der Waals surface area (Å²) >= 11 is 0. The van der Waals surface area contributed by atoms with Crippen molar-refractivity contribution in [2.24, 2.45) is 0 Å². The average Bonchev–Trinajstić information content (AvgIpc) is 3.52. The van der Waals surface area contributed by atoms with Gasteiger partial charge in [0.2, 0.25) is 0 Å². The van der Waals surface area contributed by atoms with Crippen LogP contribution < -0.4 is 14.2 Å². The molecular weight excluding hydrogens is 452 g/mol. The zero-order valence-corrected chi connectivity index (χ0v) is 20.5. The molecule has 1 saturated carbocycles. The molecule has 9 heteroatoms. The number of carboxylic acids is 1. The molecule has 1 fully saturated rings.